The van der Waals surface area contributed by atoms with Gasteiger partial charge in [-0.2, -0.15) is 0 Å². The largest absolute Gasteiger partial charge is 0.423 e. The van der Waals surface area contributed by atoms with Crippen LogP contribution in [0, 0.1) is 5.82 Å². The van der Waals surface area contributed by atoms with Crippen LogP contribution >= 0.6 is 0 Å². The SMILES string of the molecule is CCC(N)c1nnc(Cc2ccc(F)cc2)o1. The van der Waals surface area contributed by atoms with E-state index >= 15 is 0 Å². The summed E-state index contributed by atoms with van der Waals surface area (Å²) in [6, 6.07) is 5.98. The maximum atomic E-state index is 12.7. The summed E-state index contributed by atoms with van der Waals surface area (Å²) in [4.78, 5) is 0. The van der Waals surface area contributed by atoms with Crippen molar-refractivity contribution < 1.29 is 8.81 Å². The van der Waals surface area contributed by atoms with Crippen molar-refractivity contribution in [1.29, 1.82) is 0 Å². The van der Waals surface area contributed by atoms with Crippen molar-refractivity contribution in [3.8, 4) is 0 Å². The monoisotopic (exact) mass is 235 g/mol. The van der Waals surface area contributed by atoms with Crippen LogP contribution in [0.2, 0.25) is 0 Å². The molecule has 17 heavy (non-hydrogen) atoms. The highest BCUT2D eigenvalue weighted by Gasteiger charge is 2.12. The summed E-state index contributed by atoms with van der Waals surface area (Å²) in [7, 11) is 0. The van der Waals surface area contributed by atoms with Crippen molar-refractivity contribution in [3.63, 3.8) is 0 Å². The van der Waals surface area contributed by atoms with Crippen LogP contribution in [0.4, 0.5) is 4.39 Å². The standard InChI is InChI=1S/C12H14FN3O/c1-2-10(14)12-16-15-11(17-12)7-8-3-5-9(13)6-4-8/h3-6,10H,2,7,14H2,1H3. The van der Waals surface area contributed by atoms with E-state index in [1.54, 1.807) is 12.1 Å². The Kier molecular flexibility index (Phi) is 3.49. The average Bonchev–Trinajstić information content (AvgIpc) is 2.80. The summed E-state index contributed by atoms with van der Waals surface area (Å²) in [5.41, 5.74) is 6.70. The molecule has 0 bridgehead atoms. The van der Waals surface area contributed by atoms with Crippen molar-refractivity contribution in [2.24, 2.45) is 5.73 Å². The van der Waals surface area contributed by atoms with Gasteiger partial charge in [0.05, 0.1) is 12.5 Å². The van der Waals surface area contributed by atoms with Gasteiger partial charge in [0, 0.05) is 0 Å². The van der Waals surface area contributed by atoms with Crippen LogP contribution in [-0.2, 0) is 6.42 Å². The highest BCUT2D eigenvalue weighted by Crippen LogP contribution is 2.14. The second-order valence-corrected chi connectivity index (χ2v) is 3.85. The van der Waals surface area contributed by atoms with Gasteiger partial charge < -0.3 is 10.2 Å². The Morgan fingerprint density at radius 3 is 2.65 bits per heavy atom. The van der Waals surface area contributed by atoms with Gasteiger partial charge in [-0.25, -0.2) is 4.39 Å². The normalized spacial score (nSPS) is 12.6. The maximum Gasteiger partial charge on any atom is 0.233 e. The van der Waals surface area contributed by atoms with Gasteiger partial charge in [-0.3, -0.25) is 0 Å². The minimum absolute atomic E-state index is 0.218. The topological polar surface area (TPSA) is 64.9 Å². The van der Waals surface area contributed by atoms with E-state index in [4.69, 9.17) is 10.2 Å². The summed E-state index contributed by atoms with van der Waals surface area (Å²) < 4.78 is 18.1. The van der Waals surface area contributed by atoms with Crippen LogP contribution in [0.3, 0.4) is 0 Å². The predicted octanol–water partition coefficient (Wildman–Crippen LogP) is 2.21. The van der Waals surface area contributed by atoms with Gasteiger partial charge in [-0.1, -0.05) is 19.1 Å². The number of rotatable bonds is 4. The number of nitrogens with two attached hydrogens (primary N) is 1. The molecule has 0 aliphatic carbocycles. The molecule has 0 amide bonds. The molecule has 1 aromatic carbocycles. The molecule has 0 aliphatic rings. The summed E-state index contributed by atoms with van der Waals surface area (Å²) in [5, 5.41) is 7.80. The van der Waals surface area contributed by atoms with Gasteiger partial charge in [0.2, 0.25) is 11.8 Å². The third kappa shape index (κ3) is 2.88. The first-order valence-corrected chi connectivity index (χ1v) is 5.51. The van der Waals surface area contributed by atoms with Crippen LogP contribution in [0.1, 0.15) is 36.7 Å². The molecular formula is C12H14FN3O. The maximum absolute atomic E-state index is 12.7. The van der Waals surface area contributed by atoms with Crippen LogP contribution in [0.15, 0.2) is 28.7 Å². The van der Waals surface area contributed by atoms with Crippen molar-refractivity contribution in [3.05, 3.63) is 47.4 Å². The van der Waals surface area contributed by atoms with Gasteiger partial charge in [-0.05, 0) is 24.1 Å². The summed E-state index contributed by atoms with van der Waals surface area (Å²) in [5.74, 6) is 0.688. The Morgan fingerprint density at radius 2 is 2.00 bits per heavy atom. The van der Waals surface area contributed by atoms with E-state index in [0.29, 0.717) is 18.2 Å². The Morgan fingerprint density at radius 1 is 1.29 bits per heavy atom. The van der Waals surface area contributed by atoms with Crippen molar-refractivity contribution in [2.75, 3.05) is 0 Å². The molecule has 1 unspecified atom stereocenters. The zero-order valence-electron chi connectivity index (χ0n) is 9.56. The third-order valence-corrected chi connectivity index (χ3v) is 2.51. The molecule has 2 aromatic rings. The Labute approximate surface area is 98.7 Å². The van der Waals surface area contributed by atoms with E-state index in [1.807, 2.05) is 6.92 Å². The predicted molar refractivity (Wildman–Crippen MR) is 60.7 cm³/mol. The molecule has 4 nitrogen and oxygen atoms in total. The number of nitrogens with zero attached hydrogens (tertiary/aromatic N) is 2. The number of halogens is 1. The van der Waals surface area contributed by atoms with Gasteiger partial charge in [0.15, 0.2) is 0 Å². The fourth-order valence-electron chi connectivity index (χ4n) is 1.44. The van der Waals surface area contributed by atoms with Crippen LogP contribution in [0.25, 0.3) is 0 Å². The molecule has 2 N–H and O–H groups in total. The summed E-state index contributed by atoms with van der Waals surface area (Å²) in [6.07, 6.45) is 1.24. The molecule has 0 saturated carbocycles. The lowest BCUT2D eigenvalue weighted by molar-refractivity contribution is 0.418. The van der Waals surface area contributed by atoms with E-state index < -0.39 is 0 Å². The van der Waals surface area contributed by atoms with E-state index in [-0.39, 0.29) is 11.9 Å². The average molecular weight is 235 g/mol. The lowest BCUT2D eigenvalue weighted by Gasteiger charge is -2.00. The van der Waals surface area contributed by atoms with Crippen LogP contribution in [-0.4, -0.2) is 10.2 Å². The van der Waals surface area contributed by atoms with Gasteiger partial charge in [0.25, 0.3) is 0 Å². The molecule has 90 valence electrons. The van der Waals surface area contributed by atoms with Crippen molar-refractivity contribution >= 4 is 0 Å². The third-order valence-electron chi connectivity index (χ3n) is 2.51. The zero-order valence-corrected chi connectivity index (χ0v) is 9.56. The van der Waals surface area contributed by atoms with Crippen molar-refractivity contribution in [2.45, 2.75) is 25.8 Å². The summed E-state index contributed by atoms with van der Waals surface area (Å²) >= 11 is 0. The van der Waals surface area contributed by atoms with Gasteiger partial charge in [0.1, 0.15) is 5.82 Å². The lowest BCUT2D eigenvalue weighted by atomic mass is 10.1. The molecule has 0 saturated heterocycles. The van der Waals surface area contributed by atoms with Crippen LogP contribution < -0.4 is 5.73 Å². The molecule has 1 atom stereocenters. The minimum Gasteiger partial charge on any atom is -0.423 e. The fourth-order valence-corrected chi connectivity index (χ4v) is 1.44. The van der Waals surface area contributed by atoms with E-state index in [9.17, 15) is 4.39 Å². The van der Waals surface area contributed by atoms with Gasteiger partial charge >= 0.3 is 0 Å². The number of hydrogen-bond acceptors (Lipinski definition) is 4. The van der Waals surface area contributed by atoms with Gasteiger partial charge in [-0.15, -0.1) is 10.2 Å². The fraction of sp³-hybridized carbons (Fsp3) is 0.333. The molecule has 0 radical (unpaired) electrons. The number of aromatic nitrogens is 2. The lowest BCUT2D eigenvalue weighted by Crippen LogP contribution is -2.08. The quantitative estimate of drug-likeness (QED) is 0.882. The molecule has 0 fully saturated rings. The first kappa shape index (κ1) is 11.7. The molecule has 2 rings (SSSR count). The first-order valence-electron chi connectivity index (χ1n) is 5.51. The van der Waals surface area contributed by atoms with E-state index in [0.717, 1.165) is 12.0 Å². The smallest absolute Gasteiger partial charge is 0.233 e. The highest BCUT2D eigenvalue weighted by atomic mass is 19.1. The second-order valence-electron chi connectivity index (χ2n) is 3.85. The highest BCUT2D eigenvalue weighted by molar-refractivity contribution is 5.18. The molecule has 5 heteroatoms. The second kappa shape index (κ2) is 5.05. The van der Waals surface area contributed by atoms with E-state index in [2.05, 4.69) is 10.2 Å². The Hall–Kier alpha value is -1.75. The molecular weight excluding hydrogens is 221 g/mol. The first-order chi connectivity index (χ1) is 8.19. The number of hydrogen-bond donors (Lipinski definition) is 1. The zero-order chi connectivity index (χ0) is 12.3. The van der Waals surface area contributed by atoms with Crippen molar-refractivity contribution in [1.82, 2.24) is 10.2 Å². The molecule has 0 spiro atoms. The number of benzene rings is 1. The van der Waals surface area contributed by atoms with E-state index in [1.165, 1.54) is 12.1 Å². The molecule has 1 heterocycles. The van der Waals surface area contributed by atoms with Crippen LogP contribution in [0.5, 0.6) is 0 Å². The Bertz CT molecular complexity index is 481. The Balaban J connectivity index is 2.08. The summed E-state index contributed by atoms with van der Waals surface area (Å²) in [6.45, 7) is 1.95. The molecule has 1 aromatic heterocycles. The molecule has 0 aliphatic heterocycles. The minimum atomic E-state index is -0.257.